The minimum atomic E-state index is -1.07. The summed E-state index contributed by atoms with van der Waals surface area (Å²) in [4.78, 5) is 50.7. The van der Waals surface area contributed by atoms with Crippen LogP contribution in [0.2, 0.25) is 0 Å². The molecule has 2 N–H and O–H groups in total. The summed E-state index contributed by atoms with van der Waals surface area (Å²) in [5.41, 5.74) is 3.37. The number of carboxylic acids is 2. The lowest BCUT2D eigenvalue weighted by Gasteiger charge is -2.18. The maximum Gasteiger partial charge on any atom is 0.306 e. The molecule has 244 valence electrons. The van der Waals surface area contributed by atoms with Crippen LogP contribution in [0.25, 0.3) is 0 Å². The molecule has 2 aromatic carbocycles. The lowest BCUT2D eigenvalue weighted by Crippen LogP contribution is -2.28. The van der Waals surface area contributed by atoms with E-state index < -0.39 is 29.6 Å². The molecular formula is C32H39FN2O10. The van der Waals surface area contributed by atoms with Crippen molar-refractivity contribution in [2.24, 2.45) is 11.8 Å². The van der Waals surface area contributed by atoms with Crippen LogP contribution in [0.3, 0.4) is 0 Å². The quantitative estimate of drug-likeness (QED) is 0.294. The highest BCUT2D eigenvalue weighted by molar-refractivity contribution is 5.83. The van der Waals surface area contributed by atoms with Crippen LogP contribution >= 0.6 is 0 Å². The van der Waals surface area contributed by atoms with E-state index in [1.807, 2.05) is 12.1 Å². The van der Waals surface area contributed by atoms with Crippen molar-refractivity contribution in [2.45, 2.75) is 66.2 Å². The Labute approximate surface area is 260 Å². The third-order valence-electron chi connectivity index (χ3n) is 8.24. The minimum absolute atomic E-state index is 0.0215. The lowest BCUT2D eigenvalue weighted by molar-refractivity contribution is -0.145. The normalized spacial score (nSPS) is 14.8. The largest absolute Gasteiger partial charge is 0.493 e. The average Bonchev–Trinajstić information content (AvgIpc) is 3.64. The molecule has 2 aliphatic heterocycles. The molecule has 2 unspecified atom stereocenters. The van der Waals surface area contributed by atoms with E-state index in [0.717, 1.165) is 11.1 Å². The highest BCUT2D eigenvalue weighted by Crippen LogP contribution is 2.43. The zero-order valence-corrected chi connectivity index (χ0v) is 26.1. The lowest BCUT2D eigenvalue weighted by atomic mass is 10.0. The maximum absolute atomic E-state index is 15.5. The number of nitrogens with zero attached hydrogens (tertiary/aromatic N) is 2. The molecule has 0 aliphatic carbocycles. The number of ether oxygens (including phenoxy) is 4. The number of rotatable bonds is 14. The number of hydrogen-bond donors (Lipinski definition) is 2. The molecule has 2 amide bonds. The Morgan fingerprint density at radius 1 is 0.778 bits per heavy atom. The summed E-state index contributed by atoms with van der Waals surface area (Å²) in [6.07, 6.45) is 0.170. The van der Waals surface area contributed by atoms with Crippen LogP contribution in [0.15, 0.2) is 12.1 Å². The van der Waals surface area contributed by atoms with Crippen LogP contribution in [0.4, 0.5) is 4.39 Å². The number of amides is 2. The summed E-state index contributed by atoms with van der Waals surface area (Å²) >= 11 is 0. The Balaban J connectivity index is 1.36. The molecule has 2 aromatic rings. The second-order valence-electron chi connectivity index (χ2n) is 11.5. The third-order valence-corrected chi connectivity index (χ3v) is 8.24. The van der Waals surface area contributed by atoms with Gasteiger partial charge in [0.1, 0.15) is 0 Å². The first kappa shape index (κ1) is 33.3. The van der Waals surface area contributed by atoms with Gasteiger partial charge in [0.05, 0.1) is 39.3 Å². The van der Waals surface area contributed by atoms with E-state index >= 15 is 4.39 Å². The van der Waals surface area contributed by atoms with Gasteiger partial charge in [-0.2, -0.15) is 0 Å². The fraction of sp³-hybridized carbons (Fsp3) is 0.500. The Hall–Kier alpha value is -4.55. The van der Waals surface area contributed by atoms with Gasteiger partial charge >= 0.3 is 11.9 Å². The van der Waals surface area contributed by atoms with Crippen LogP contribution in [0, 0.1) is 24.6 Å². The third kappa shape index (κ3) is 7.23. The van der Waals surface area contributed by atoms with Gasteiger partial charge < -0.3 is 39.0 Å². The topological polar surface area (TPSA) is 152 Å². The summed E-state index contributed by atoms with van der Waals surface area (Å²) in [6, 6.07) is 3.63. The smallest absolute Gasteiger partial charge is 0.306 e. The Kier molecular flexibility index (Phi) is 10.4. The molecule has 0 saturated heterocycles. The van der Waals surface area contributed by atoms with Crippen LogP contribution in [0.1, 0.15) is 60.9 Å². The standard InChI is InChI=1S/C32H39FN2O10/c1-17(31(38)39)9-26(36)34-13-20-11-24(42-4)25(12-21(20)14-34)44-7-6-8-45-29-19(3)22-15-35(27(37)10-18(2)32(40)41)16-23(22)28(33)30(29)43-5/h11-12,17-18H,6-10,13-16H2,1-5H3,(H,38,39)(H,40,41). The summed E-state index contributed by atoms with van der Waals surface area (Å²) in [7, 11) is 2.86. The zero-order chi connectivity index (χ0) is 33.0. The number of carbonyl (C=O) groups excluding carboxylic acids is 2. The van der Waals surface area contributed by atoms with E-state index in [9.17, 15) is 19.2 Å². The van der Waals surface area contributed by atoms with Crippen LogP contribution in [-0.2, 0) is 45.4 Å². The van der Waals surface area contributed by atoms with E-state index in [2.05, 4.69) is 0 Å². The van der Waals surface area contributed by atoms with Crippen LogP contribution in [0.5, 0.6) is 23.0 Å². The second kappa shape index (κ2) is 14.0. The number of hydrogen-bond acceptors (Lipinski definition) is 8. The van der Waals surface area contributed by atoms with Crippen molar-refractivity contribution in [1.82, 2.24) is 9.80 Å². The van der Waals surface area contributed by atoms with Gasteiger partial charge in [-0.05, 0) is 35.7 Å². The zero-order valence-electron chi connectivity index (χ0n) is 26.1. The Bertz CT molecular complexity index is 1490. The van der Waals surface area contributed by atoms with E-state index in [-0.39, 0.29) is 62.5 Å². The number of benzene rings is 2. The fourth-order valence-corrected chi connectivity index (χ4v) is 5.48. The molecule has 0 spiro atoms. The fourth-order valence-electron chi connectivity index (χ4n) is 5.48. The molecule has 13 heteroatoms. The van der Waals surface area contributed by atoms with Crippen molar-refractivity contribution in [1.29, 1.82) is 0 Å². The van der Waals surface area contributed by atoms with Gasteiger partial charge in [-0.3, -0.25) is 19.2 Å². The van der Waals surface area contributed by atoms with Gasteiger partial charge in [-0.25, -0.2) is 4.39 Å². The van der Waals surface area contributed by atoms with Gasteiger partial charge in [0.15, 0.2) is 28.8 Å². The number of halogens is 1. The molecule has 45 heavy (non-hydrogen) atoms. The molecule has 12 nitrogen and oxygen atoms in total. The van der Waals surface area contributed by atoms with Gasteiger partial charge in [-0.15, -0.1) is 0 Å². The number of aliphatic carboxylic acids is 2. The van der Waals surface area contributed by atoms with Crippen molar-refractivity contribution in [2.75, 3.05) is 27.4 Å². The number of carboxylic acid groups (broad SMARTS) is 2. The number of methoxy groups -OCH3 is 2. The summed E-state index contributed by atoms with van der Waals surface area (Å²) in [6.45, 7) is 6.01. The highest BCUT2D eigenvalue weighted by atomic mass is 19.1. The first-order valence-electron chi connectivity index (χ1n) is 14.7. The summed E-state index contributed by atoms with van der Waals surface area (Å²) < 4.78 is 38.3. The number of fused-ring (bicyclic) bond motifs is 2. The predicted octanol–water partition coefficient (Wildman–Crippen LogP) is 3.91. The predicted molar refractivity (Wildman–Crippen MR) is 158 cm³/mol. The SMILES string of the molecule is COc1cc2c(cc1OCCCOc1c(C)c3c(c(F)c1OC)CN(C(=O)CC(C)C(=O)O)C3)CN(C(=O)CC(C)C(=O)O)C2. The molecule has 2 atom stereocenters. The summed E-state index contributed by atoms with van der Waals surface area (Å²) in [5, 5.41) is 18.3. The van der Waals surface area contributed by atoms with Gasteiger partial charge in [0.25, 0.3) is 0 Å². The van der Waals surface area contributed by atoms with E-state index in [1.165, 1.54) is 33.0 Å². The Morgan fingerprint density at radius 2 is 1.29 bits per heavy atom. The van der Waals surface area contributed by atoms with Gasteiger partial charge in [0, 0.05) is 56.6 Å². The molecule has 0 fully saturated rings. The Morgan fingerprint density at radius 3 is 1.82 bits per heavy atom. The van der Waals surface area contributed by atoms with Gasteiger partial charge in [-0.1, -0.05) is 13.8 Å². The first-order valence-corrected chi connectivity index (χ1v) is 14.7. The molecule has 0 saturated carbocycles. The van der Waals surface area contributed by atoms with Crippen molar-refractivity contribution in [3.8, 4) is 23.0 Å². The van der Waals surface area contributed by atoms with E-state index in [4.69, 9.17) is 29.2 Å². The second-order valence-corrected chi connectivity index (χ2v) is 11.5. The van der Waals surface area contributed by atoms with Crippen molar-refractivity contribution < 1.29 is 52.7 Å². The average molecular weight is 631 g/mol. The molecule has 0 bridgehead atoms. The van der Waals surface area contributed by atoms with Crippen LogP contribution in [-0.4, -0.2) is 71.2 Å². The molecule has 0 radical (unpaired) electrons. The molecule has 4 rings (SSSR count). The van der Waals surface area contributed by atoms with Crippen LogP contribution < -0.4 is 18.9 Å². The van der Waals surface area contributed by atoms with E-state index in [1.54, 1.807) is 11.8 Å². The minimum Gasteiger partial charge on any atom is -0.493 e. The highest BCUT2D eigenvalue weighted by Gasteiger charge is 2.34. The maximum atomic E-state index is 15.5. The molecule has 2 heterocycles. The number of carbonyl (C=O) groups is 4. The van der Waals surface area contributed by atoms with Crippen molar-refractivity contribution in [3.63, 3.8) is 0 Å². The summed E-state index contributed by atoms with van der Waals surface area (Å²) in [5.74, 6) is -3.75. The molecule has 2 aliphatic rings. The first-order chi connectivity index (χ1) is 21.4. The van der Waals surface area contributed by atoms with E-state index in [0.29, 0.717) is 47.7 Å². The van der Waals surface area contributed by atoms with Gasteiger partial charge in [0.2, 0.25) is 11.8 Å². The molecule has 0 aromatic heterocycles. The molecular weight excluding hydrogens is 591 g/mol. The monoisotopic (exact) mass is 630 g/mol. The van der Waals surface area contributed by atoms with Crippen molar-refractivity contribution in [3.05, 3.63) is 45.8 Å². The van der Waals surface area contributed by atoms with Crippen molar-refractivity contribution >= 4 is 23.8 Å².